The Morgan fingerprint density at radius 3 is 2.62 bits per heavy atom. The fourth-order valence-corrected chi connectivity index (χ4v) is 1.74. The summed E-state index contributed by atoms with van der Waals surface area (Å²) >= 11 is 0. The number of nitrogens with zero attached hydrogens (tertiary/aromatic N) is 3. The highest BCUT2D eigenvalue weighted by atomic mass is 16.3. The molecule has 4 heteroatoms. The fourth-order valence-electron chi connectivity index (χ4n) is 1.74. The number of aliphatic hydroxyl groups excluding tert-OH is 1. The summed E-state index contributed by atoms with van der Waals surface area (Å²) < 4.78 is 2.04. The maximum atomic E-state index is 8.96. The molecule has 0 saturated carbocycles. The summed E-state index contributed by atoms with van der Waals surface area (Å²) in [7, 11) is 1.99. The second-order valence-electron chi connectivity index (χ2n) is 3.74. The number of hydrogen-bond donors (Lipinski definition) is 1. The molecule has 2 heterocycles. The van der Waals surface area contributed by atoms with Gasteiger partial charge in [0.1, 0.15) is 5.82 Å². The molecule has 0 unspecified atom stereocenters. The zero-order valence-corrected chi connectivity index (χ0v) is 9.51. The zero-order valence-electron chi connectivity index (χ0n) is 9.51. The summed E-state index contributed by atoms with van der Waals surface area (Å²) in [6.45, 7) is 2.15. The van der Waals surface area contributed by atoms with E-state index in [0.717, 1.165) is 22.8 Å². The number of aromatic nitrogens is 3. The second-order valence-corrected chi connectivity index (χ2v) is 3.74. The molecule has 0 radical (unpaired) electrons. The van der Waals surface area contributed by atoms with Crippen LogP contribution in [0.4, 0.5) is 0 Å². The minimum Gasteiger partial charge on any atom is -0.396 e. The first-order valence-corrected chi connectivity index (χ1v) is 5.27. The van der Waals surface area contributed by atoms with Gasteiger partial charge in [0.15, 0.2) is 0 Å². The third-order valence-corrected chi connectivity index (χ3v) is 2.77. The lowest BCUT2D eigenvalue weighted by Gasteiger charge is -2.02. The Balaban J connectivity index is 2.46. The molecule has 84 valence electrons. The molecular weight excluding hydrogens is 202 g/mol. The average Bonchev–Trinajstić information content (AvgIpc) is 2.59. The van der Waals surface area contributed by atoms with Crippen molar-refractivity contribution >= 4 is 0 Å². The van der Waals surface area contributed by atoms with Gasteiger partial charge in [-0.25, -0.2) is 4.98 Å². The van der Waals surface area contributed by atoms with Crippen LogP contribution in [0.5, 0.6) is 0 Å². The molecule has 16 heavy (non-hydrogen) atoms. The van der Waals surface area contributed by atoms with Crippen LogP contribution in [-0.4, -0.2) is 26.2 Å². The molecule has 0 bridgehead atoms. The van der Waals surface area contributed by atoms with Crippen molar-refractivity contribution in [1.82, 2.24) is 14.5 Å². The number of pyridine rings is 1. The van der Waals surface area contributed by atoms with Crippen molar-refractivity contribution in [1.29, 1.82) is 0 Å². The molecule has 0 amide bonds. The molecule has 0 aromatic carbocycles. The Hall–Kier alpha value is -1.68. The minimum atomic E-state index is 0.133. The predicted molar refractivity (Wildman–Crippen MR) is 62.0 cm³/mol. The van der Waals surface area contributed by atoms with E-state index >= 15 is 0 Å². The molecule has 0 spiro atoms. The molecule has 0 atom stereocenters. The minimum absolute atomic E-state index is 0.133. The van der Waals surface area contributed by atoms with Gasteiger partial charge in [-0.2, -0.15) is 0 Å². The lowest BCUT2D eigenvalue weighted by molar-refractivity contribution is 0.298. The van der Waals surface area contributed by atoms with Gasteiger partial charge in [-0.05, 0) is 19.1 Å². The quantitative estimate of drug-likeness (QED) is 0.843. The largest absolute Gasteiger partial charge is 0.396 e. The molecule has 0 saturated heterocycles. The summed E-state index contributed by atoms with van der Waals surface area (Å²) in [4.78, 5) is 8.53. The first kappa shape index (κ1) is 10.8. The van der Waals surface area contributed by atoms with Crippen LogP contribution >= 0.6 is 0 Å². The summed E-state index contributed by atoms with van der Waals surface area (Å²) in [6.07, 6.45) is 4.11. The van der Waals surface area contributed by atoms with Gasteiger partial charge in [0.05, 0.1) is 5.69 Å². The smallest absolute Gasteiger partial charge is 0.140 e. The normalized spacial score (nSPS) is 10.7. The Labute approximate surface area is 94.6 Å². The van der Waals surface area contributed by atoms with Crippen molar-refractivity contribution in [2.75, 3.05) is 6.61 Å². The molecule has 1 N–H and O–H groups in total. The van der Waals surface area contributed by atoms with E-state index in [4.69, 9.17) is 5.11 Å². The van der Waals surface area contributed by atoms with Crippen LogP contribution in [0, 0.1) is 6.92 Å². The summed E-state index contributed by atoms with van der Waals surface area (Å²) in [6, 6.07) is 3.87. The molecule has 2 rings (SSSR count). The average molecular weight is 217 g/mol. The topological polar surface area (TPSA) is 50.9 Å². The van der Waals surface area contributed by atoms with Crippen LogP contribution in [0.15, 0.2) is 24.5 Å². The van der Waals surface area contributed by atoms with E-state index in [-0.39, 0.29) is 6.61 Å². The van der Waals surface area contributed by atoms with Gasteiger partial charge in [0.2, 0.25) is 0 Å². The van der Waals surface area contributed by atoms with Crippen LogP contribution in [-0.2, 0) is 13.5 Å². The highest BCUT2D eigenvalue weighted by Gasteiger charge is 2.11. The van der Waals surface area contributed by atoms with Crippen LogP contribution in [0.3, 0.4) is 0 Å². The molecular formula is C12H15N3O. The first-order valence-electron chi connectivity index (χ1n) is 5.27. The highest BCUT2D eigenvalue weighted by Crippen LogP contribution is 2.20. The maximum absolute atomic E-state index is 8.96. The van der Waals surface area contributed by atoms with E-state index < -0.39 is 0 Å². The predicted octanol–water partition coefficient (Wildman–Crippen LogP) is 1.33. The van der Waals surface area contributed by atoms with Crippen LogP contribution in [0.2, 0.25) is 0 Å². The van der Waals surface area contributed by atoms with Crippen molar-refractivity contribution < 1.29 is 5.11 Å². The molecule has 0 aliphatic heterocycles. The monoisotopic (exact) mass is 217 g/mol. The van der Waals surface area contributed by atoms with Gasteiger partial charge in [0, 0.05) is 43.7 Å². The molecule has 0 aliphatic rings. The summed E-state index contributed by atoms with van der Waals surface area (Å²) in [5.41, 5.74) is 3.10. The van der Waals surface area contributed by atoms with E-state index in [0.29, 0.717) is 6.42 Å². The van der Waals surface area contributed by atoms with Crippen molar-refractivity contribution in [3.05, 3.63) is 35.9 Å². The van der Waals surface area contributed by atoms with E-state index in [2.05, 4.69) is 9.97 Å². The molecule has 2 aromatic rings. The highest BCUT2D eigenvalue weighted by molar-refractivity contribution is 5.55. The third-order valence-electron chi connectivity index (χ3n) is 2.77. The van der Waals surface area contributed by atoms with Crippen molar-refractivity contribution in [2.24, 2.45) is 7.05 Å². The Morgan fingerprint density at radius 1 is 1.31 bits per heavy atom. The van der Waals surface area contributed by atoms with Crippen molar-refractivity contribution in [3.63, 3.8) is 0 Å². The van der Waals surface area contributed by atoms with E-state index in [1.54, 1.807) is 12.4 Å². The Kier molecular flexibility index (Phi) is 3.01. The second kappa shape index (κ2) is 4.45. The Bertz CT molecular complexity index is 477. The lowest BCUT2D eigenvalue weighted by Crippen LogP contribution is -1.96. The molecule has 0 fully saturated rings. The van der Waals surface area contributed by atoms with Gasteiger partial charge >= 0.3 is 0 Å². The summed E-state index contributed by atoms with van der Waals surface area (Å²) in [5, 5.41) is 8.96. The van der Waals surface area contributed by atoms with Gasteiger partial charge in [0.25, 0.3) is 0 Å². The van der Waals surface area contributed by atoms with Crippen LogP contribution in [0.25, 0.3) is 11.4 Å². The lowest BCUT2D eigenvalue weighted by atomic mass is 10.2. The van der Waals surface area contributed by atoms with Gasteiger partial charge in [-0.3, -0.25) is 4.98 Å². The zero-order chi connectivity index (χ0) is 11.5. The molecule has 0 aliphatic carbocycles. The van der Waals surface area contributed by atoms with E-state index in [1.165, 1.54) is 0 Å². The Morgan fingerprint density at radius 2 is 2.00 bits per heavy atom. The van der Waals surface area contributed by atoms with Crippen molar-refractivity contribution in [2.45, 2.75) is 13.3 Å². The molecule has 4 nitrogen and oxygen atoms in total. The number of hydrogen-bond acceptors (Lipinski definition) is 3. The van der Waals surface area contributed by atoms with Gasteiger partial charge in [-0.1, -0.05) is 0 Å². The maximum Gasteiger partial charge on any atom is 0.140 e. The van der Waals surface area contributed by atoms with E-state index in [1.807, 2.05) is 30.7 Å². The first-order chi connectivity index (χ1) is 7.74. The van der Waals surface area contributed by atoms with Gasteiger partial charge in [-0.15, -0.1) is 0 Å². The van der Waals surface area contributed by atoms with Crippen molar-refractivity contribution in [3.8, 4) is 11.4 Å². The van der Waals surface area contributed by atoms with Crippen LogP contribution in [0.1, 0.15) is 11.4 Å². The molecule has 2 aromatic heterocycles. The SMILES string of the molecule is Cc1c(CCO)nc(-c2ccncc2)n1C. The van der Waals surface area contributed by atoms with Gasteiger partial charge < -0.3 is 9.67 Å². The van der Waals surface area contributed by atoms with E-state index in [9.17, 15) is 0 Å². The number of aliphatic hydroxyl groups is 1. The summed E-state index contributed by atoms with van der Waals surface area (Å²) in [5.74, 6) is 0.920. The standard InChI is InChI=1S/C12H15N3O/c1-9-11(5-8-16)14-12(15(9)2)10-3-6-13-7-4-10/h3-4,6-7,16H,5,8H2,1-2H3. The third kappa shape index (κ3) is 1.84. The fraction of sp³-hybridized carbons (Fsp3) is 0.333. The number of rotatable bonds is 3. The van der Waals surface area contributed by atoms with Crippen LogP contribution < -0.4 is 0 Å². The number of imidazole rings is 1.